The summed E-state index contributed by atoms with van der Waals surface area (Å²) >= 11 is 2.97. The fourth-order valence-electron chi connectivity index (χ4n) is 2.29. The van der Waals surface area contributed by atoms with Crippen molar-refractivity contribution in [3.05, 3.63) is 52.9 Å². The van der Waals surface area contributed by atoms with Crippen molar-refractivity contribution in [2.24, 2.45) is 0 Å². The zero-order valence-corrected chi connectivity index (χ0v) is 15.1. The Morgan fingerprint density at radius 1 is 1.25 bits per heavy atom. The van der Waals surface area contributed by atoms with Gasteiger partial charge in [0, 0.05) is 5.56 Å². The van der Waals surface area contributed by atoms with E-state index >= 15 is 0 Å². The van der Waals surface area contributed by atoms with Crippen LogP contribution in [-0.2, 0) is 6.42 Å². The predicted octanol–water partition coefficient (Wildman–Crippen LogP) is 4.85. The van der Waals surface area contributed by atoms with Gasteiger partial charge in [-0.1, -0.05) is 55.4 Å². The molecule has 2 heterocycles. The average molecular weight is 358 g/mol. The minimum absolute atomic E-state index is 0.101. The van der Waals surface area contributed by atoms with Crippen molar-refractivity contribution in [3.8, 4) is 10.7 Å². The first-order valence-corrected chi connectivity index (χ1v) is 9.84. The molecular weight excluding hydrogens is 338 g/mol. The standard InChI is InChI=1S/C18H19N3OS2/c1-2-3-5-13-7-9-14(10-8-13)15(22)12-24-18-19-17(20-21-18)16-6-4-11-23-16/h4,6-11H,2-3,5,12H2,1H3,(H,19,20,21). The molecule has 1 N–H and O–H groups in total. The van der Waals surface area contributed by atoms with Crippen molar-refractivity contribution in [2.75, 3.05) is 5.75 Å². The van der Waals surface area contributed by atoms with Gasteiger partial charge in [0.2, 0.25) is 5.16 Å². The predicted molar refractivity (Wildman–Crippen MR) is 99.8 cm³/mol. The number of carbonyl (C=O) groups is 1. The minimum Gasteiger partial charge on any atom is -0.293 e. The highest BCUT2D eigenvalue weighted by molar-refractivity contribution is 7.99. The second kappa shape index (κ2) is 8.26. The minimum atomic E-state index is 0.101. The number of hydrogen-bond acceptors (Lipinski definition) is 5. The van der Waals surface area contributed by atoms with Gasteiger partial charge in [-0.3, -0.25) is 9.89 Å². The van der Waals surface area contributed by atoms with Gasteiger partial charge in [-0.15, -0.1) is 16.4 Å². The van der Waals surface area contributed by atoms with Gasteiger partial charge in [-0.05, 0) is 29.9 Å². The zero-order valence-electron chi connectivity index (χ0n) is 13.5. The fourth-order valence-corrected chi connectivity index (χ4v) is 3.64. The Kier molecular flexibility index (Phi) is 5.82. The maximum absolute atomic E-state index is 12.3. The van der Waals surface area contributed by atoms with Gasteiger partial charge in [0.1, 0.15) is 0 Å². The molecule has 0 unspecified atom stereocenters. The van der Waals surface area contributed by atoms with Gasteiger partial charge >= 0.3 is 0 Å². The summed E-state index contributed by atoms with van der Waals surface area (Å²) in [6.45, 7) is 2.18. The number of thioether (sulfide) groups is 1. The summed E-state index contributed by atoms with van der Waals surface area (Å²) in [7, 11) is 0. The fraction of sp³-hybridized carbons (Fsp3) is 0.278. The Bertz CT molecular complexity index is 779. The lowest BCUT2D eigenvalue weighted by Gasteiger charge is -2.02. The monoisotopic (exact) mass is 357 g/mol. The summed E-state index contributed by atoms with van der Waals surface area (Å²) in [5.41, 5.74) is 2.03. The van der Waals surface area contributed by atoms with Crippen molar-refractivity contribution >= 4 is 28.9 Å². The Labute approximate surface area is 149 Å². The number of benzene rings is 1. The van der Waals surface area contributed by atoms with Crippen LogP contribution in [0.4, 0.5) is 0 Å². The molecule has 0 amide bonds. The second-order valence-corrected chi connectivity index (χ2v) is 7.35. The van der Waals surface area contributed by atoms with Gasteiger partial charge in [0.05, 0.1) is 10.6 Å². The van der Waals surface area contributed by atoms with Gasteiger partial charge in [-0.2, -0.15) is 0 Å². The van der Waals surface area contributed by atoms with Crippen molar-refractivity contribution in [3.63, 3.8) is 0 Å². The van der Waals surface area contributed by atoms with E-state index < -0.39 is 0 Å². The molecule has 4 nitrogen and oxygen atoms in total. The number of H-pyrrole nitrogens is 1. The lowest BCUT2D eigenvalue weighted by atomic mass is 10.1. The van der Waals surface area contributed by atoms with E-state index in [-0.39, 0.29) is 5.78 Å². The topological polar surface area (TPSA) is 58.6 Å². The molecule has 0 saturated carbocycles. The van der Waals surface area contributed by atoms with Crippen LogP contribution >= 0.6 is 23.1 Å². The van der Waals surface area contributed by atoms with Crippen LogP contribution in [0, 0.1) is 0 Å². The molecule has 0 saturated heterocycles. The van der Waals surface area contributed by atoms with Crippen LogP contribution < -0.4 is 0 Å². The van der Waals surface area contributed by atoms with E-state index in [1.807, 2.05) is 29.6 Å². The molecule has 3 aromatic rings. The third-order valence-corrected chi connectivity index (χ3v) is 5.37. The second-order valence-electron chi connectivity index (χ2n) is 5.46. The maximum Gasteiger partial charge on any atom is 0.209 e. The number of aromatic amines is 1. The van der Waals surface area contributed by atoms with Crippen LogP contribution in [0.3, 0.4) is 0 Å². The van der Waals surface area contributed by atoms with Crippen molar-refractivity contribution in [1.82, 2.24) is 15.2 Å². The molecule has 0 aliphatic carbocycles. The summed E-state index contributed by atoms with van der Waals surface area (Å²) in [6.07, 6.45) is 3.43. The quantitative estimate of drug-likeness (QED) is 0.462. The molecule has 0 aliphatic rings. The molecule has 0 fully saturated rings. The first kappa shape index (κ1) is 16.9. The number of carbonyl (C=O) groups excluding carboxylic acids is 1. The Morgan fingerprint density at radius 2 is 2.08 bits per heavy atom. The molecule has 24 heavy (non-hydrogen) atoms. The Balaban J connectivity index is 1.55. The summed E-state index contributed by atoms with van der Waals surface area (Å²) in [6, 6.07) is 11.9. The number of ketones is 1. The molecule has 0 aliphatic heterocycles. The summed E-state index contributed by atoms with van der Waals surface area (Å²) < 4.78 is 0. The SMILES string of the molecule is CCCCc1ccc(C(=O)CSc2n[nH]c(-c3cccs3)n2)cc1. The molecule has 124 valence electrons. The normalized spacial score (nSPS) is 10.9. The molecule has 6 heteroatoms. The van der Waals surface area contributed by atoms with Crippen LogP contribution in [0.1, 0.15) is 35.7 Å². The molecule has 0 bridgehead atoms. The Morgan fingerprint density at radius 3 is 2.79 bits per heavy atom. The largest absolute Gasteiger partial charge is 0.293 e. The maximum atomic E-state index is 12.3. The lowest BCUT2D eigenvalue weighted by Crippen LogP contribution is -2.02. The molecule has 1 aromatic carbocycles. The molecule has 0 spiro atoms. The molecular formula is C18H19N3OS2. The number of aryl methyl sites for hydroxylation is 1. The van der Waals surface area contributed by atoms with Gasteiger partial charge < -0.3 is 0 Å². The van der Waals surface area contributed by atoms with Gasteiger partial charge in [0.25, 0.3) is 0 Å². The van der Waals surface area contributed by atoms with Crippen molar-refractivity contribution in [1.29, 1.82) is 0 Å². The number of nitrogens with zero attached hydrogens (tertiary/aromatic N) is 2. The van der Waals surface area contributed by atoms with Gasteiger partial charge in [-0.25, -0.2) is 4.98 Å². The van der Waals surface area contributed by atoms with Crippen LogP contribution in [0.5, 0.6) is 0 Å². The van der Waals surface area contributed by atoms with E-state index in [4.69, 9.17) is 0 Å². The summed E-state index contributed by atoms with van der Waals surface area (Å²) in [4.78, 5) is 17.8. The third kappa shape index (κ3) is 4.33. The third-order valence-electron chi connectivity index (χ3n) is 3.65. The van der Waals surface area contributed by atoms with Crippen LogP contribution in [-0.4, -0.2) is 26.7 Å². The summed E-state index contributed by atoms with van der Waals surface area (Å²) in [5, 5.41) is 9.68. The van der Waals surface area contributed by atoms with E-state index in [9.17, 15) is 4.79 Å². The molecule has 3 rings (SSSR count). The van der Waals surface area contributed by atoms with Crippen LogP contribution in [0.15, 0.2) is 46.9 Å². The first-order chi connectivity index (χ1) is 11.8. The van der Waals surface area contributed by atoms with E-state index in [0.717, 1.165) is 22.7 Å². The van der Waals surface area contributed by atoms with E-state index in [2.05, 4.69) is 34.2 Å². The first-order valence-electron chi connectivity index (χ1n) is 7.97. The van der Waals surface area contributed by atoms with E-state index in [0.29, 0.717) is 10.9 Å². The Hall–Kier alpha value is -1.92. The number of nitrogens with one attached hydrogen (secondary N) is 1. The van der Waals surface area contributed by atoms with Gasteiger partial charge in [0.15, 0.2) is 11.6 Å². The number of rotatable bonds is 8. The molecule has 2 aromatic heterocycles. The van der Waals surface area contributed by atoms with E-state index in [1.165, 1.54) is 30.2 Å². The highest BCUT2D eigenvalue weighted by Gasteiger charge is 2.11. The summed E-state index contributed by atoms with van der Waals surface area (Å²) in [5.74, 6) is 1.19. The van der Waals surface area contributed by atoms with Crippen molar-refractivity contribution < 1.29 is 4.79 Å². The molecule has 0 atom stereocenters. The van der Waals surface area contributed by atoms with E-state index in [1.54, 1.807) is 11.3 Å². The number of hydrogen-bond donors (Lipinski definition) is 1. The number of Topliss-reactive ketones (excluding diaryl/α,β-unsaturated/α-hetero) is 1. The number of unbranched alkanes of at least 4 members (excludes halogenated alkanes) is 1. The number of aromatic nitrogens is 3. The molecule has 0 radical (unpaired) electrons. The smallest absolute Gasteiger partial charge is 0.209 e. The van der Waals surface area contributed by atoms with Crippen molar-refractivity contribution in [2.45, 2.75) is 31.3 Å². The van der Waals surface area contributed by atoms with Crippen LogP contribution in [0.25, 0.3) is 10.7 Å². The number of thiophene rings is 1. The average Bonchev–Trinajstić information content (AvgIpc) is 3.29. The lowest BCUT2D eigenvalue weighted by molar-refractivity contribution is 0.102. The highest BCUT2D eigenvalue weighted by atomic mass is 32.2. The van der Waals surface area contributed by atoms with Crippen LogP contribution in [0.2, 0.25) is 0 Å². The highest BCUT2D eigenvalue weighted by Crippen LogP contribution is 2.23. The zero-order chi connectivity index (χ0) is 16.8.